The average molecular weight is 379 g/mol. The molecule has 0 unspecified atom stereocenters. The van der Waals surface area contributed by atoms with Gasteiger partial charge in [0.1, 0.15) is 11.6 Å². The standard InChI is InChI=1S/C21H18FN3O3/c1-28-19-6-8-23-11-18(19)21(27)24-9-7-14-10-20(26)25(13-15(14)12-24)17-4-2-16(22)3-5-17/h2-6,8,10-11,13H,7,9,12H2,1H3. The van der Waals surface area contributed by atoms with Gasteiger partial charge >= 0.3 is 0 Å². The largest absolute Gasteiger partial charge is 0.496 e. The molecule has 1 aliphatic heterocycles. The fourth-order valence-corrected chi connectivity index (χ4v) is 3.40. The summed E-state index contributed by atoms with van der Waals surface area (Å²) >= 11 is 0. The molecule has 0 fully saturated rings. The fraction of sp³-hybridized carbons (Fsp3) is 0.190. The molecule has 0 atom stereocenters. The number of ether oxygens (including phenoxy) is 1. The summed E-state index contributed by atoms with van der Waals surface area (Å²) in [4.78, 5) is 31.1. The van der Waals surface area contributed by atoms with Crippen molar-refractivity contribution in [3.8, 4) is 11.4 Å². The highest BCUT2D eigenvalue weighted by molar-refractivity contribution is 5.96. The van der Waals surface area contributed by atoms with Gasteiger partial charge in [-0.25, -0.2) is 4.39 Å². The number of hydrogen-bond acceptors (Lipinski definition) is 4. The summed E-state index contributed by atoms with van der Waals surface area (Å²) in [5.41, 5.74) is 2.60. The van der Waals surface area contributed by atoms with Crippen LogP contribution < -0.4 is 10.3 Å². The van der Waals surface area contributed by atoms with Crippen LogP contribution in [0.2, 0.25) is 0 Å². The van der Waals surface area contributed by atoms with Crippen molar-refractivity contribution < 1.29 is 13.9 Å². The molecule has 3 heterocycles. The predicted molar refractivity (Wildman–Crippen MR) is 101 cm³/mol. The van der Waals surface area contributed by atoms with E-state index in [1.54, 1.807) is 41.6 Å². The zero-order chi connectivity index (χ0) is 19.7. The number of methoxy groups -OCH3 is 1. The first-order chi connectivity index (χ1) is 13.6. The molecule has 4 rings (SSSR count). The maximum Gasteiger partial charge on any atom is 0.259 e. The lowest BCUT2D eigenvalue weighted by atomic mass is 10.0. The summed E-state index contributed by atoms with van der Waals surface area (Å²) in [6.07, 6.45) is 5.38. The number of fused-ring (bicyclic) bond motifs is 1. The molecule has 0 spiro atoms. The first kappa shape index (κ1) is 17.9. The van der Waals surface area contributed by atoms with Gasteiger partial charge in [0.05, 0.1) is 12.7 Å². The van der Waals surface area contributed by atoms with Crippen molar-refractivity contribution in [2.24, 2.45) is 0 Å². The molecule has 2 aromatic heterocycles. The molecule has 1 amide bonds. The van der Waals surface area contributed by atoms with E-state index in [0.717, 1.165) is 11.1 Å². The number of nitrogens with zero attached hydrogens (tertiary/aromatic N) is 3. The maximum atomic E-state index is 13.2. The monoisotopic (exact) mass is 379 g/mol. The van der Waals surface area contributed by atoms with Crippen LogP contribution in [0.25, 0.3) is 5.69 Å². The van der Waals surface area contributed by atoms with Crippen LogP contribution >= 0.6 is 0 Å². The number of aromatic nitrogens is 2. The van der Waals surface area contributed by atoms with E-state index in [1.165, 1.54) is 30.0 Å². The quantitative estimate of drug-likeness (QED) is 0.702. The highest BCUT2D eigenvalue weighted by Crippen LogP contribution is 2.23. The van der Waals surface area contributed by atoms with Crippen LogP contribution in [0.5, 0.6) is 5.75 Å². The van der Waals surface area contributed by atoms with Crippen LogP contribution in [0.3, 0.4) is 0 Å². The maximum absolute atomic E-state index is 13.2. The van der Waals surface area contributed by atoms with Crippen LogP contribution in [0, 0.1) is 5.82 Å². The molecule has 142 valence electrons. The highest BCUT2D eigenvalue weighted by Gasteiger charge is 2.25. The van der Waals surface area contributed by atoms with Crippen LogP contribution in [-0.4, -0.2) is 34.0 Å². The number of pyridine rings is 2. The second kappa shape index (κ2) is 7.26. The lowest BCUT2D eigenvalue weighted by Gasteiger charge is -2.29. The van der Waals surface area contributed by atoms with Crippen molar-refractivity contribution in [1.29, 1.82) is 0 Å². The van der Waals surface area contributed by atoms with Crippen molar-refractivity contribution in [2.45, 2.75) is 13.0 Å². The van der Waals surface area contributed by atoms with Crippen LogP contribution in [-0.2, 0) is 13.0 Å². The summed E-state index contributed by atoms with van der Waals surface area (Å²) in [6, 6.07) is 8.96. The van der Waals surface area contributed by atoms with E-state index >= 15 is 0 Å². The van der Waals surface area contributed by atoms with Gasteiger partial charge < -0.3 is 9.64 Å². The molecule has 3 aromatic rings. The zero-order valence-corrected chi connectivity index (χ0v) is 15.3. The SMILES string of the molecule is COc1ccncc1C(=O)N1CCc2cc(=O)n(-c3ccc(F)cc3)cc2C1. The molecule has 0 radical (unpaired) electrons. The van der Waals surface area contributed by atoms with Gasteiger partial charge in [0.2, 0.25) is 0 Å². The Bertz CT molecular complexity index is 1090. The highest BCUT2D eigenvalue weighted by atomic mass is 19.1. The van der Waals surface area contributed by atoms with Crippen molar-refractivity contribution in [3.63, 3.8) is 0 Å². The Morgan fingerprint density at radius 2 is 1.96 bits per heavy atom. The smallest absolute Gasteiger partial charge is 0.259 e. The van der Waals surface area contributed by atoms with E-state index in [1.807, 2.05) is 0 Å². The van der Waals surface area contributed by atoms with Crippen LogP contribution in [0.1, 0.15) is 21.5 Å². The average Bonchev–Trinajstić information content (AvgIpc) is 2.73. The van der Waals surface area contributed by atoms with E-state index in [2.05, 4.69) is 4.98 Å². The first-order valence-corrected chi connectivity index (χ1v) is 8.84. The zero-order valence-electron chi connectivity index (χ0n) is 15.3. The number of benzene rings is 1. The predicted octanol–water partition coefficient (Wildman–Crippen LogP) is 2.58. The molecule has 0 bridgehead atoms. The lowest BCUT2D eigenvalue weighted by Crippen LogP contribution is -2.37. The molecule has 7 heteroatoms. The summed E-state index contributed by atoms with van der Waals surface area (Å²) < 4.78 is 19.9. The Morgan fingerprint density at radius 1 is 1.18 bits per heavy atom. The van der Waals surface area contributed by atoms with Crippen molar-refractivity contribution in [3.05, 3.63) is 87.9 Å². The molecule has 28 heavy (non-hydrogen) atoms. The van der Waals surface area contributed by atoms with Gasteiger partial charge in [0, 0.05) is 43.4 Å². The Kier molecular flexibility index (Phi) is 4.65. The summed E-state index contributed by atoms with van der Waals surface area (Å²) in [5, 5.41) is 0. The van der Waals surface area contributed by atoms with Gasteiger partial charge in [-0.2, -0.15) is 0 Å². The molecule has 0 saturated heterocycles. The summed E-state index contributed by atoms with van der Waals surface area (Å²) in [7, 11) is 1.51. The summed E-state index contributed by atoms with van der Waals surface area (Å²) in [5.74, 6) is -0.0610. The number of carbonyl (C=O) groups excluding carboxylic acids is 1. The lowest BCUT2D eigenvalue weighted by molar-refractivity contribution is 0.0730. The van der Waals surface area contributed by atoms with Crippen molar-refractivity contribution in [2.75, 3.05) is 13.7 Å². The Labute approximate surface area is 160 Å². The van der Waals surface area contributed by atoms with Gasteiger partial charge in [0.15, 0.2) is 0 Å². The van der Waals surface area contributed by atoms with E-state index in [4.69, 9.17) is 4.74 Å². The minimum absolute atomic E-state index is 0.171. The second-order valence-corrected chi connectivity index (χ2v) is 6.56. The number of carbonyl (C=O) groups is 1. The van der Waals surface area contributed by atoms with E-state index in [9.17, 15) is 14.0 Å². The topological polar surface area (TPSA) is 64.4 Å². The molecular formula is C21H18FN3O3. The van der Waals surface area contributed by atoms with E-state index < -0.39 is 0 Å². The van der Waals surface area contributed by atoms with Crippen molar-refractivity contribution >= 4 is 5.91 Å². The van der Waals surface area contributed by atoms with Crippen molar-refractivity contribution in [1.82, 2.24) is 14.5 Å². The van der Waals surface area contributed by atoms with Gasteiger partial charge in [-0.15, -0.1) is 0 Å². The molecular weight excluding hydrogens is 361 g/mol. The molecule has 0 saturated carbocycles. The number of hydrogen-bond donors (Lipinski definition) is 0. The van der Waals surface area contributed by atoms with Gasteiger partial charge in [-0.05, 0) is 47.9 Å². The van der Waals surface area contributed by atoms with Crippen LogP contribution in [0.15, 0.2) is 59.8 Å². The van der Waals surface area contributed by atoms with Crippen LogP contribution in [0.4, 0.5) is 4.39 Å². The Morgan fingerprint density at radius 3 is 2.71 bits per heavy atom. The molecule has 6 nitrogen and oxygen atoms in total. The van der Waals surface area contributed by atoms with Gasteiger partial charge in [-0.1, -0.05) is 0 Å². The molecule has 0 N–H and O–H groups in total. The van der Waals surface area contributed by atoms with Gasteiger partial charge in [0.25, 0.3) is 11.5 Å². The summed E-state index contributed by atoms with van der Waals surface area (Å²) in [6.45, 7) is 0.873. The third-order valence-corrected chi connectivity index (χ3v) is 4.87. The van der Waals surface area contributed by atoms with E-state index in [-0.39, 0.29) is 17.3 Å². The third-order valence-electron chi connectivity index (χ3n) is 4.87. The number of halogens is 1. The molecule has 1 aliphatic rings. The fourth-order valence-electron chi connectivity index (χ4n) is 3.40. The second-order valence-electron chi connectivity index (χ2n) is 6.56. The number of rotatable bonds is 3. The Hall–Kier alpha value is -3.48. The third kappa shape index (κ3) is 3.26. The Balaban J connectivity index is 1.66. The number of amides is 1. The normalized spacial score (nSPS) is 13.1. The molecule has 0 aliphatic carbocycles. The molecule has 1 aromatic carbocycles. The first-order valence-electron chi connectivity index (χ1n) is 8.84. The minimum Gasteiger partial charge on any atom is -0.496 e. The minimum atomic E-state index is -0.364. The van der Waals surface area contributed by atoms with Gasteiger partial charge in [-0.3, -0.25) is 19.1 Å². The van der Waals surface area contributed by atoms with E-state index in [0.29, 0.717) is 36.5 Å².